The first kappa shape index (κ1) is 16.7. The van der Waals surface area contributed by atoms with Crippen LogP contribution in [0.3, 0.4) is 0 Å². The second-order valence-corrected chi connectivity index (χ2v) is 5.24. The maximum absolute atomic E-state index is 5.60. The maximum Gasteiger partial charge on any atom is 0.0774 e. The summed E-state index contributed by atoms with van der Waals surface area (Å²) in [6, 6.07) is 0.455. The van der Waals surface area contributed by atoms with Crippen molar-refractivity contribution in [2.24, 2.45) is 0 Å². The molecule has 0 saturated carbocycles. The summed E-state index contributed by atoms with van der Waals surface area (Å²) in [6.45, 7) is 11.4. The van der Waals surface area contributed by atoms with Crippen LogP contribution in [0.15, 0.2) is 12.7 Å². The third-order valence-corrected chi connectivity index (χ3v) is 3.41. The molecule has 2 nitrogen and oxygen atoms in total. The van der Waals surface area contributed by atoms with Crippen LogP contribution in [0.5, 0.6) is 0 Å². The van der Waals surface area contributed by atoms with Crippen molar-refractivity contribution >= 4 is 0 Å². The van der Waals surface area contributed by atoms with Crippen LogP contribution < -0.4 is 5.32 Å². The third kappa shape index (κ3) is 7.56. The molecule has 1 N–H and O–H groups in total. The van der Waals surface area contributed by atoms with Crippen molar-refractivity contribution in [3.05, 3.63) is 12.7 Å². The summed E-state index contributed by atoms with van der Waals surface area (Å²) in [7, 11) is 1.80. The van der Waals surface area contributed by atoms with Gasteiger partial charge in [0.15, 0.2) is 0 Å². The average molecular weight is 241 g/mol. The molecule has 0 aliphatic heterocycles. The molecule has 1 atom stereocenters. The highest BCUT2D eigenvalue weighted by atomic mass is 16.5. The van der Waals surface area contributed by atoms with Gasteiger partial charge in [-0.25, -0.2) is 0 Å². The summed E-state index contributed by atoms with van der Waals surface area (Å²) < 4.78 is 5.60. The minimum atomic E-state index is -0.0758. The second kappa shape index (κ2) is 9.67. The van der Waals surface area contributed by atoms with Crippen LogP contribution in [0.1, 0.15) is 59.3 Å². The topological polar surface area (TPSA) is 21.3 Å². The molecule has 1 unspecified atom stereocenters. The standard InChI is InChI=1S/C15H31NO/c1-6-8-9-10-11-12-14(16-13-7-2)15(3,4)17-5/h6,14,16H,1,7-13H2,2-5H3. The van der Waals surface area contributed by atoms with E-state index in [4.69, 9.17) is 4.74 Å². The number of methoxy groups -OCH3 is 1. The number of hydrogen-bond acceptors (Lipinski definition) is 2. The van der Waals surface area contributed by atoms with Crippen LogP contribution in [0.25, 0.3) is 0 Å². The lowest BCUT2D eigenvalue weighted by Crippen LogP contribution is -2.48. The molecule has 0 fully saturated rings. The fraction of sp³-hybridized carbons (Fsp3) is 0.867. The second-order valence-electron chi connectivity index (χ2n) is 5.24. The third-order valence-electron chi connectivity index (χ3n) is 3.41. The summed E-state index contributed by atoms with van der Waals surface area (Å²) in [5.41, 5.74) is -0.0758. The van der Waals surface area contributed by atoms with Crippen molar-refractivity contribution in [2.75, 3.05) is 13.7 Å². The van der Waals surface area contributed by atoms with Gasteiger partial charge in [-0.15, -0.1) is 6.58 Å². The zero-order valence-electron chi connectivity index (χ0n) is 12.2. The number of ether oxygens (including phenoxy) is 1. The van der Waals surface area contributed by atoms with E-state index >= 15 is 0 Å². The van der Waals surface area contributed by atoms with Crippen LogP contribution >= 0.6 is 0 Å². The van der Waals surface area contributed by atoms with Gasteiger partial charge in [0.1, 0.15) is 0 Å². The Labute approximate surface area is 108 Å². The molecule has 0 aliphatic rings. The minimum absolute atomic E-state index is 0.0758. The lowest BCUT2D eigenvalue weighted by Gasteiger charge is -2.34. The first-order valence-electron chi connectivity index (χ1n) is 6.98. The first-order valence-corrected chi connectivity index (χ1v) is 6.98. The predicted octanol–water partition coefficient (Wildman–Crippen LogP) is 3.92. The number of hydrogen-bond donors (Lipinski definition) is 1. The predicted molar refractivity (Wildman–Crippen MR) is 76.5 cm³/mol. The number of allylic oxidation sites excluding steroid dienone is 1. The van der Waals surface area contributed by atoms with Crippen LogP contribution in [-0.4, -0.2) is 25.3 Å². The van der Waals surface area contributed by atoms with Crippen molar-refractivity contribution < 1.29 is 4.74 Å². The molecule has 0 aromatic rings. The monoisotopic (exact) mass is 241 g/mol. The van der Waals surface area contributed by atoms with E-state index in [1.807, 2.05) is 6.08 Å². The van der Waals surface area contributed by atoms with Gasteiger partial charge in [0, 0.05) is 13.2 Å². The molecule has 0 heterocycles. The quantitative estimate of drug-likeness (QED) is 0.437. The number of unbranched alkanes of at least 4 members (excludes halogenated alkanes) is 3. The molecule has 2 heteroatoms. The Morgan fingerprint density at radius 2 is 2.00 bits per heavy atom. The van der Waals surface area contributed by atoms with Gasteiger partial charge in [0.2, 0.25) is 0 Å². The highest BCUT2D eigenvalue weighted by molar-refractivity contribution is 4.85. The molecule has 102 valence electrons. The summed E-state index contributed by atoms with van der Waals surface area (Å²) >= 11 is 0. The van der Waals surface area contributed by atoms with E-state index in [1.54, 1.807) is 7.11 Å². The Hall–Kier alpha value is -0.340. The smallest absolute Gasteiger partial charge is 0.0774 e. The van der Waals surface area contributed by atoms with Gasteiger partial charge in [0.05, 0.1) is 5.60 Å². The Morgan fingerprint density at radius 1 is 1.29 bits per heavy atom. The van der Waals surface area contributed by atoms with E-state index in [2.05, 4.69) is 32.7 Å². The summed E-state index contributed by atoms with van der Waals surface area (Å²) in [5.74, 6) is 0. The molecule has 0 radical (unpaired) electrons. The lowest BCUT2D eigenvalue weighted by atomic mass is 9.93. The van der Waals surface area contributed by atoms with Crippen LogP contribution in [0, 0.1) is 0 Å². The van der Waals surface area contributed by atoms with Crippen LogP contribution in [0.2, 0.25) is 0 Å². The molecular weight excluding hydrogens is 210 g/mol. The van der Waals surface area contributed by atoms with E-state index in [-0.39, 0.29) is 5.60 Å². The van der Waals surface area contributed by atoms with Crippen molar-refractivity contribution in [1.29, 1.82) is 0 Å². The molecule has 0 aromatic carbocycles. The summed E-state index contributed by atoms with van der Waals surface area (Å²) in [6.07, 6.45) is 9.33. The zero-order chi connectivity index (χ0) is 13.1. The molecular formula is C15H31NO. The van der Waals surface area contributed by atoms with Crippen LogP contribution in [-0.2, 0) is 4.74 Å². The van der Waals surface area contributed by atoms with Crippen molar-refractivity contribution in [1.82, 2.24) is 5.32 Å². The SMILES string of the molecule is C=CCCCCCC(NCCC)C(C)(C)OC. The molecule has 0 aliphatic carbocycles. The largest absolute Gasteiger partial charge is 0.377 e. The lowest BCUT2D eigenvalue weighted by molar-refractivity contribution is -0.0131. The Bertz CT molecular complexity index is 189. The highest BCUT2D eigenvalue weighted by Crippen LogP contribution is 2.19. The summed E-state index contributed by atoms with van der Waals surface area (Å²) in [4.78, 5) is 0. The Kier molecular flexibility index (Phi) is 9.47. The molecule has 0 amide bonds. The van der Waals surface area contributed by atoms with E-state index in [0.717, 1.165) is 13.0 Å². The molecule has 0 rings (SSSR count). The molecule has 17 heavy (non-hydrogen) atoms. The summed E-state index contributed by atoms with van der Waals surface area (Å²) in [5, 5.41) is 3.61. The highest BCUT2D eigenvalue weighted by Gasteiger charge is 2.27. The van der Waals surface area contributed by atoms with Gasteiger partial charge in [-0.1, -0.05) is 25.8 Å². The zero-order valence-corrected chi connectivity index (χ0v) is 12.2. The van der Waals surface area contributed by atoms with Crippen molar-refractivity contribution in [2.45, 2.75) is 70.9 Å². The van der Waals surface area contributed by atoms with Gasteiger partial charge < -0.3 is 10.1 Å². The number of rotatable bonds is 11. The maximum atomic E-state index is 5.60. The van der Waals surface area contributed by atoms with Gasteiger partial charge in [-0.05, 0) is 46.1 Å². The van der Waals surface area contributed by atoms with E-state index in [1.165, 1.54) is 32.1 Å². The van der Waals surface area contributed by atoms with Gasteiger partial charge in [-0.2, -0.15) is 0 Å². The molecule has 0 spiro atoms. The van der Waals surface area contributed by atoms with Gasteiger partial charge >= 0.3 is 0 Å². The van der Waals surface area contributed by atoms with Crippen molar-refractivity contribution in [3.63, 3.8) is 0 Å². The van der Waals surface area contributed by atoms with Gasteiger partial charge in [0.25, 0.3) is 0 Å². The molecule has 0 saturated heterocycles. The van der Waals surface area contributed by atoms with Gasteiger partial charge in [-0.3, -0.25) is 0 Å². The molecule has 0 aromatic heterocycles. The Morgan fingerprint density at radius 3 is 2.53 bits per heavy atom. The average Bonchev–Trinajstić information content (AvgIpc) is 2.32. The fourth-order valence-electron chi connectivity index (χ4n) is 1.97. The normalized spacial score (nSPS) is 13.6. The number of nitrogens with one attached hydrogen (secondary N) is 1. The Balaban J connectivity index is 3.97. The van der Waals surface area contributed by atoms with E-state index in [0.29, 0.717) is 6.04 Å². The van der Waals surface area contributed by atoms with Crippen molar-refractivity contribution in [3.8, 4) is 0 Å². The van der Waals surface area contributed by atoms with Crippen LogP contribution in [0.4, 0.5) is 0 Å². The van der Waals surface area contributed by atoms with E-state index in [9.17, 15) is 0 Å². The minimum Gasteiger partial charge on any atom is -0.377 e. The molecule has 0 bridgehead atoms. The fourth-order valence-corrected chi connectivity index (χ4v) is 1.97. The van der Waals surface area contributed by atoms with E-state index < -0.39 is 0 Å². The first-order chi connectivity index (χ1) is 8.08.